The maximum Gasteiger partial charge on any atom is 0.239 e. The molecule has 0 saturated heterocycles. The van der Waals surface area contributed by atoms with Crippen molar-refractivity contribution in [3.63, 3.8) is 0 Å². The molecule has 0 fully saturated rings. The molecule has 2 aromatic carbocycles. The van der Waals surface area contributed by atoms with E-state index in [-0.39, 0.29) is 48.2 Å². The van der Waals surface area contributed by atoms with Crippen LogP contribution in [0.5, 0.6) is 5.88 Å². The van der Waals surface area contributed by atoms with Gasteiger partial charge in [0.2, 0.25) is 17.7 Å². The average Bonchev–Trinajstić information content (AvgIpc) is 3.72. The van der Waals surface area contributed by atoms with E-state index in [9.17, 15) is 13.9 Å². The molecule has 0 saturated carbocycles. The third-order valence-corrected chi connectivity index (χ3v) is 10.5. The van der Waals surface area contributed by atoms with Gasteiger partial charge in [-0.3, -0.25) is 13.9 Å². The highest BCUT2D eigenvalue weighted by atomic mass is 32.3. The summed E-state index contributed by atoms with van der Waals surface area (Å²) in [7, 11) is -3.39. The Kier molecular flexibility index (Phi) is 9.09. The fourth-order valence-corrected chi connectivity index (χ4v) is 7.51. The lowest BCUT2D eigenvalue weighted by atomic mass is 9.84. The third-order valence-electron chi connectivity index (χ3n) is 8.62. The molecule has 3 N–H and O–H groups in total. The van der Waals surface area contributed by atoms with Crippen molar-refractivity contribution in [2.24, 2.45) is 0 Å². The van der Waals surface area contributed by atoms with Crippen LogP contribution < -0.4 is 10.1 Å². The first kappa shape index (κ1) is 31.7. The van der Waals surface area contributed by atoms with Gasteiger partial charge in [-0.1, -0.05) is 36.4 Å². The van der Waals surface area contributed by atoms with Crippen LogP contribution in [0.4, 0.5) is 0 Å². The second-order valence-corrected chi connectivity index (χ2v) is 13.5. The number of oxazole rings is 1. The molecule has 12 nitrogen and oxygen atoms in total. The number of nitrogens with one attached hydrogen (secondary N) is 1. The predicted molar refractivity (Wildman–Crippen MR) is 174 cm³/mol. The molecule has 0 unspecified atom stereocenters. The lowest BCUT2D eigenvalue weighted by molar-refractivity contribution is -0.121. The summed E-state index contributed by atoms with van der Waals surface area (Å²) in [5.41, 5.74) is 6.50. The van der Waals surface area contributed by atoms with Crippen LogP contribution in [0.2, 0.25) is 0 Å². The fraction of sp³-hybridized carbons (Fsp3) is 0.364. The predicted octanol–water partition coefficient (Wildman–Crippen LogP) is 5.99. The van der Waals surface area contributed by atoms with E-state index in [1.165, 1.54) is 6.26 Å². The fourth-order valence-electron chi connectivity index (χ4n) is 5.95. The molecule has 242 valence electrons. The van der Waals surface area contributed by atoms with Gasteiger partial charge < -0.3 is 14.5 Å². The highest BCUT2D eigenvalue weighted by Crippen LogP contribution is 2.57. The van der Waals surface area contributed by atoms with Gasteiger partial charge in [0.1, 0.15) is 22.8 Å². The molecule has 5 aromatic rings. The van der Waals surface area contributed by atoms with Crippen molar-refractivity contribution in [1.82, 2.24) is 34.6 Å². The molecule has 1 aliphatic rings. The molecule has 4 heterocycles. The second kappa shape index (κ2) is 13.2. The van der Waals surface area contributed by atoms with E-state index in [1.807, 2.05) is 50.6 Å². The van der Waals surface area contributed by atoms with Crippen LogP contribution in [0.15, 0.2) is 70.4 Å². The van der Waals surface area contributed by atoms with E-state index in [0.717, 1.165) is 38.9 Å². The van der Waals surface area contributed by atoms with Crippen LogP contribution in [0.25, 0.3) is 11.0 Å². The standard InChI is InChI=1S/C33H39N7O5S/c1-5-25-20-39(46(42,43)29-8-7-13-35-33(29)45-25)19-24-16-23(10-9-21(24)3)27(17-30(41)36-18-31-34-14-15-44-31)26-11-12-28-32(22(26)4)37-38-40(28)6-2/h7-16,25,27,42-43H,5-6,17-20H2,1-4H3,(H,36,41)/t25-,27+/m1/s1. The quantitative estimate of drug-likeness (QED) is 0.165. The van der Waals surface area contributed by atoms with E-state index < -0.39 is 10.8 Å². The monoisotopic (exact) mass is 645 g/mol. The van der Waals surface area contributed by atoms with Gasteiger partial charge in [-0.2, -0.15) is 4.31 Å². The van der Waals surface area contributed by atoms with Crippen molar-refractivity contribution in [3.8, 4) is 5.88 Å². The van der Waals surface area contributed by atoms with Gasteiger partial charge in [-0.15, -0.1) is 15.9 Å². The van der Waals surface area contributed by atoms with E-state index in [4.69, 9.17) is 9.15 Å². The van der Waals surface area contributed by atoms with Crippen molar-refractivity contribution >= 4 is 27.7 Å². The number of aromatic nitrogens is 5. The zero-order chi connectivity index (χ0) is 32.4. The number of pyridine rings is 1. The number of rotatable bonds is 10. The van der Waals surface area contributed by atoms with Crippen LogP contribution in [0, 0.1) is 13.8 Å². The molecule has 6 rings (SSSR count). The van der Waals surface area contributed by atoms with Gasteiger partial charge >= 0.3 is 0 Å². The van der Waals surface area contributed by atoms with Crippen LogP contribution >= 0.6 is 10.8 Å². The Balaban J connectivity index is 1.37. The zero-order valence-electron chi connectivity index (χ0n) is 26.4. The average molecular weight is 646 g/mol. The Morgan fingerprint density at radius 3 is 2.74 bits per heavy atom. The number of nitrogens with zero attached hydrogens (tertiary/aromatic N) is 6. The van der Waals surface area contributed by atoms with Gasteiger partial charge in [-0.05, 0) is 73.2 Å². The summed E-state index contributed by atoms with van der Waals surface area (Å²) in [6.45, 7) is 9.51. The lowest BCUT2D eigenvalue weighted by Crippen LogP contribution is -2.34. The Morgan fingerprint density at radius 2 is 1.98 bits per heavy atom. The van der Waals surface area contributed by atoms with Crippen LogP contribution in [-0.2, 0) is 24.4 Å². The van der Waals surface area contributed by atoms with Crippen LogP contribution in [0.1, 0.15) is 66.3 Å². The van der Waals surface area contributed by atoms with E-state index in [0.29, 0.717) is 25.4 Å². The zero-order valence-corrected chi connectivity index (χ0v) is 27.2. The van der Waals surface area contributed by atoms with Crippen LogP contribution in [-0.4, -0.2) is 56.9 Å². The molecule has 2 atom stereocenters. The number of hydrogen-bond donors (Lipinski definition) is 3. The summed E-state index contributed by atoms with van der Waals surface area (Å²) in [4.78, 5) is 22.1. The largest absolute Gasteiger partial charge is 0.472 e. The molecule has 0 radical (unpaired) electrons. The maximum absolute atomic E-state index is 13.4. The molecule has 13 heteroatoms. The summed E-state index contributed by atoms with van der Waals surface area (Å²) < 4.78 is 38.1. The van der Waals surface area contributed by atoms with Crippen molar-refractivity contribution in [2.45, 2.75) is 77.1 Å². The molecule has 46 heavy (non-hydrogen) atoms. The Morgan fingerprint density at radius 1 is 1.13 bits per heavy atom. The Hall–Kier alpha value is -4.30. The molecule has 0 bridgehead atoms. The minimum absolute atomic E-state index is 0.157. The van der Waals surface area contributed by atoms with Gasteiger partial charge in [0.05, 0.1) is 24.8 Å². The summed E-state index contributed by atoms with van der Waals surface area (Å²) in [6.07, 6.45) is 5.19. The molecular formula is C33H39N7O5S. The molecular weight excluding hydrogens is 606 g/mol. The van der Waals surface area contributed by atoms with E-state index in [1.54, 1.807) is 28.8 Å². The SMILES string of the molecule is CC[C@@H]1CN(Cc2cc([C@H](CC(=O)NCc3ncco3)c3ccc4c(nnn4CC)c3C)ccc2C)S(O)(O)c2cccnc2O1. The van der Waals surface area contributed by atoms with Crippen molar-refractivity contribution < 1.29 is 23.1 Å². The van der Waals surface area contributed by atoms with Crippen molar-refractivity contribution in [2.75, 3.05) is 6.54 Å². The van der Waals surface area contributed by atoms with E-state index >= 15 is 0 Å². The highest BCUT2D eigenvalue weighted by molar-refractivity contribution is 8.22. The Labute approximate surface area is 269 Å². The number of carbonyl (C=O) groups excluding carboxylic acids is 1. The van der Waals surface area contributed by atoms with Crippen molar-refractivity contribution in [1.29, 1.82) is 0 Å². The third kappa shape index (κ3) is 6.23. The number of ether oxygens (including phenoxy) is 1. The number of aryl methyl sites for hydroxylation is 3. The molecule has 3 aromatic heterocycles. The second-order valence-electron chi connectivity index (χ2n) is 11.5. The number of carbonyl (C=O) groups is 1. The summed E-state index contributed by atoms with van der Waals surface area (Å²) in [5, 5.41) is 11.7. The normalized spacial score (nSPS) is 17.6. The van der Waals surface area contributed by atoms with Gasteiger partial charge in [0, 0.05) is 31.6 Å². The van der Waals surface area contributed by atoms with Gasteiger partial charge in [0.15, 0.2) is 0 Å². The molecule has 0 aliphatic carbocycles. The summed E-state index contributed by atoms with van der Waals surface area (Å²) >= 11 is 0. The summed E-state index contributed by atoms with van der Waals surface area (Å²) in [5.74, 6) is 0.208. The molecule has 1 aliphatic heterocycles. The Bertz CT molecular complexity index is 1840. The van der Waals surface area contributed by atoms with Gasteiger partial charge in [-0.25, -0.2) is 14.6 Å². The molecule has 1 amide bonds. The number of benzene rings is 2. The first-order valence-corrected chi connectivity index (χ1v) is 16.9. The van der Waals surface area contributed by atoms with Crippen LogP contribution in [0.3, 0.4) is 0 Å². The number of fused-ring (bicyclic) bond motifs is 2. The smallest absolute Gasteiger partial charge is 0.239 e. The summed E-state index contributed by atoms with van der Waals surface area (Å²) in [6, 6.07) is 13.5. The van der Waals surface area contributed by atoms with E-state index in [2.05, 4.69) is 37.7 Å². The maximum atomic E-state index is 13.4. The highest BCUT2D eigenvalue weighted by Gasteiger charge is 2.36. The van der Waals surface area contributed by atoms with Gasteiger partial charge in [0.25, 0.3) is 0 Å². The first-order valence-electron chi connectivity index (χ1n) is 15.4. The molecule has 0 spiro atoms. The minimum Gasteiger partial charge on any atom is -0.472 e. The van der Waals surface area contributed by atoms with Crippen molar-refractivity contribution in [3.05, 3.63) is 94.8 Å². The minimum atomic E-state index is -3.39. The number of hydrogen-bond acceptors (Lipinski definition) is 10. The topological polar surface area (TPSA) is 152 Å². The number of amides is 1. The lowest BCUT2D eigenvalue weighted by Gasteiger charge is -2.41. The first-order chi connectivity index (χ1) is 22.2.